The standard InChI is InChI=1S/C23H28/c1-16(2)15-22-9-7-8-10-23(22)21-13-11-20(12-14-21)19(6)18(5)17(3)4/h7-14,16-17H,5-6,15H2,1-4H3. The Balaban J connectivity index is 2.30. The highest BCUT2D eigenvalue weighted by Crippen LogP contribution is 2.30. The lowest BCUT2D eigenvalue weighted by atomic mass is 9.90. The van der Waals surface area contributed by atoms with Crippen molar-refractivity contribution in [3.63, 3.8) is 0 Å². The minimum Gasteiger partial charge on any atom is -0.0950 e. The molecule has 0 spiro atoms. The molecule has 0 saturated heterocycles. The molecule has 0 atom stereocenters. The molecule has 0 aliphatic heterocycles. The van der Waals surface area contributed by atoms with Crippen LogP contribution in [0.1, 0.15) is 38.8 Å². The molecule has 0 aliphatic carbocycles. The molecule has 0 bridgehead atoms. The Morgan fingerprint density at radius 1 is 0.870 bits per heavy atom. The molecule has 23 heavy (non-hydrogen) atoms. The van der Waals surface area contributed by atoms with Gasteiger partial charge in [0.05, 0.1) is 0 Å². The fourth-order valence-electron chi connectivity index (χ4n) is 2.80. The molecular formula is C23H28. The highest BCUT2D eigenvalue weighted by molar-refractivity contribution is 5.79. The molecule has 0 saturated carbocycles. The van der Waals surface area contributed by atoms with Gasteiger partial charge < -0.3 is 0 Å². The second-order valence-corrected chi connectivity index (χ2v) is 6.99. The Kier molecular flexibility index (Phi) is 5.60. The van der Waals surface area contributed by atoms with Gasteiger partial charge in [0, 0.05) is 0 Å². The van der Waals surface area contributed by atoms with Crippen molar-refractivity contribution in [2.45, 2.75) is 34.1 Å². The number of allylic oxidation sites excluding steroid dienone is 2. The maximum atomic E-state index is 4.21. The van der Waals surface area contributed by atoms with Gasteiger partial charge in [-0.2, -0.15) is 0 Å². The van der Waals surface area contributed by atoms with Crippen LogP contribution in [-0.2, 0) is 6.42 Å². The van der Waals surface area contributed by atoms with E-state index >= 15 is 0 Å². The molecular weight excluding hydrogens is 276 g/mol. The summed E-state index contributed by atoms with van der Waals surface area (Å²) in [6.45, 7) is 17.2. The van der Waals surface area contributed by atoms with Crippen molar-refractivity contribution in [1.29, 1.82) is 0 Å². The van der Waals surface area contributed by atoms with Crippen molar-refractivity contribution in [2.75, 3.05) is 0 Å². The summed E-state index contributed by atoms with van der Waals surface area (Å²) in [5.41, 5.74) is 7.34. The molecule has 0 N–H and O–H groups in total. The number of benzene rings is 2. The number of hydrogen-bond donors (Lipinski definition) is 0. The van der Waals surface area contributed by atoms with Gasteiger partial charge in [-0.15, -0.1) is 0 Å². The first-order valence-corrected chi connectivity index (χ1v) is 8.47. The summed E-state index contributed by atoms with van der Waals surface area (Å²) in [6.07, 6.45) is 1.11. The predicted molar refractivity (Wildman–Crippen MR) is 103 cm³/mol. The minimum atomic E-state index is 0.425. The van der Waals surface area contributed by atoms with E-state index in [0.717, 1.165) is 23.1 Å². The van der Waals surface area contributed by atoms with Crippen LogP contribution < -0.4 is 0 Å². The molecule has 120 valence electrons. The molecule has 0 amide bonds. The summed E-state index contributed by atoms with van der Waals surface area (Å²) >= 11 is 0. The topological polar surface area (TPSA) is 0 Å². The zero-order chi connectivity index (χ0) is 17.0. The smallest absolute Gasteiger partial charge is 0.0152 e. The first-order chi connectivity index (χ1) is 10.9. The third-order valence-corrected chi connectivity index (χ3v) is 4.27. The summed E-state index contributed by atoms with van der Waals surface area (Å²) in [7, 11) is 0. The average molecular weight is 304 g/mol. The maximum absolute atomic E-state index is 4.21. The summed E-state index contributed by atoms with van der Waals surface area (Å²) < 4.78 is 0. The number of hydrogen-bond acceptors (Lipinski definition) is 0. The van der Waals surface area contributed by atoms with Gasteiger partial charge in [-0.25, -0.2) is 0 Å². The van der Waals surface area contributed by atoms with E-state index in [0.29, 0.717) is 11.8 Å². The van der Waals surface area contributed by atoms with Gasteiger partial charge >= 0.3 is 0 Å². The van der Waals surface area contributed by atoms with Gasteiger partial charge in [0.1, 0.15) is 0 Å². The van der Waals surface area contributed by atoms with Crippen LogP contribution in [0.5, 0.6) is 0 Å². The second kappa shape index (κ2) is 7.46. The van der Waals surface area contributed by atoms with E-state index in [1.165, 1.54) is 16.7 Å². The molecule has 2 rings (SSSR count). The molecule has 0 heteroatoms. The normalized spacial score (nSPS) is 11.0. The molecule has 2 aromatic rings. The third kappa shape index (κ3) is 4.22. The highest BCUT2D eigenvalue weighted by Gasteiger charge is 2.09. The lowest BCUT2D eigenvalue weighted by molar-refractivity contribution is 0.648. The van der Waals surface area contributed by atoms with Gasteiger partial charge in [0.25, 0.3) is 0 Å². The van der Waals surface area contributed by atoms with Crippen LogP contribution >= 0.6 is 0 Å². The molecule has 0 radical (unpaired) electrons. The van der Waals surface area contributed by atoms with E-state index in [4.69, 9.17) is 0 Å². The zero-order valence-electron chi connectivity index (χ0n) is 14.9. The summed E-state index contributed by atoms with van der Waals surface area (Å²) in [5, 5.41) is 0. The van der Waals surface area contributed by atoms with Crippen molar-refractivity contribution in [1.82, 2.24) is 0 Å². The molecule has 0 heterocycles. The van der Waals surface area contributed by atoms with Crippen LogP contribution in [0.15, 0.2) is 67.3 Å². The summed E-state index contributed by atoms with van der Waals surface area (Å²) in [4.78, 5) is 0. The monoisotopic (exact) mass is 304 g/mol. The van der Waals surface area contributed by atoms with Crippen LogP contribution in [0.3, 0.4) is 0 Å². The molecule has 2 aromatic carbocycles. The van der Waals surface area contributed by atoms with Crippen molar-refractivity contribution in [3.8, 4) is 11.1 Å². The quantitative estimate of drug-likeness (QED) is 0.516. The Bertz CT molecular complexity index is 684. The lowest BCUT2D eigenvalue weighted by Crippen LogP contribution is -1.97. The summed E-state index contributed by atoms with van der Waals surface area (Å²) in [5.74, 6) is 1.08. The second-order valence-electron chi connectivity index (χ2n) is 6.99. The SMILES string of the molecule is C=C(C(=C)C(C)C)c1ccc(-c2ccccc2CC(C)C)cc1. The Labute approximate surface area is 141 Å². The first-order valence-electron chi connectivity index (χ1n) is 8.47. The van der Waals surface area contributed by atoms with E-state index in [1.807, 2.05) is 0 Å². The number of rotatable bonds is 6. The van der Waals surface area contributed by atoms with Gasteiger partial charge in [-0.05, 0) is 51.7 Å². The van der Waals surface area contributed by atoms with Gasteiger partial charge in [0.2, 0.25) is 0 Å². The largest absolute Gasteiger partial charge is 0.0950 e. The van der Waals surface area contributed by atoms with Crippen LogP contribution in [0.4, 0.5) is 0 Å². The molecule has 0 fully saturated rings. The van der Waals surface area contributed by atoms with Crippen LogP contribution in [-0.4, -0.2) is 0 Å². The lowest BCUT2D eigenvalue weighted by Gasteiger charge is -2.15. The summed E-state index contributed by atoms with van der Waals surface area (Å²) in [6, 6.07) is 17.4. The van der Waals surface area contributed by atoms with Crippen molar-refractivity contribution in [3.05, 3.63) is 78.4 Å². The molecule has 0 aromatic heterocycles. The average Bonchev–Trinajstić information content (AvgIpc) is 2.53. The van der Waals surface area contributed by atoms with Crippen molar-refractivity contribution < 1.29 is 0 Å². The van der Waals surface area contributed by atoms with Crippen LogP contribution in [0.25, 0.3) is 16.7 Å². The maximum Gasteiger partial charge on any atom is -0.0152 e. The van der Waals surface area contributed by atoms with Gasteiger partial charge in [0.15, 0.2) is 0 Å². The third-order valence-electron chi connectivity index (χ3n) is 4.27. The van der Waals surface area contributed by atoms with Crippen LogP contribution in [0, 0.1) is 11.8 Å². The molecule has 0 nitrogen and oxygen atoms in total. The van der Waals surface area contributed by atoms with E-state index in [1.54, 1.807) is 0 Å². The zero-order valence-corrected chi connectivity index (χ0v) is 14.9. The van der Waals surface area contributed by atoms with Crippen molar-refractivity contribution >= 4 is 5.57 Å². The Hall–Kier alpha value is -2.08. The highest BCUT2D eigenvalue weighted by atomic mass is 14.1. The van der Waals surface area contributed by atoms with E-state index in [9.17, 15) is 0 Å². The minimum absolute atomic E-state index is 0.425. The Morgan fingerprint density at radius 3 is 2.04 bits per heavy atom. The fraction of sp³-hybridized carbons (Fsp3) is 0.304. The van der Waals surface area contributed by atoms with E-state index in [-0.39, 0.29) is 0 Å². The van der Waals surface area contributed by atoms with Gasteiger partial charge in [-0.1, -0.05) is 89.4 Å². The Morgan fingerprint density at radius 2 is 1.48 bits per heavy atom. The van der Waals surface area contributed by atoms with Crippen LogP contribution in [0.2, 0.25) is 0 Å². The first kappa shape index (κ1) is 17.3. The predicted octanol–water partition coefficient (Wildman–Crippen LogP) is 6.78. The molecule has 0 aliphatic rings. The van der Waals surface area contributed by atoms with Gasteiger partial charge in [-0.3, -0.25) is 0 Å². The van der Waals surface area contributed by atoms with E-state index in [2.05, 4.69) is 89.4 Å². The fourth-order valence-corrected chi connectivity index (χ4v) is 2.80. The van der Waals surface area contributed by atoms with Crippen molar-refractivity contribution in [2.24, 2.45) is 11.8 Å². The molecule has 0 unspecified atom stereocenters. The van der Waals surface area contributed by atoms with E-state index < -0.39 is 0 Å².